The average molecular weight is 1120 g/mol. The molecule has 466 valence electrons. The monoisotopic (exact) mass is 1120 g/mol. The molecule has 0 fully saturated rings. The Labute approximate surface area is 498 Å². The van der Waals surface area contributed by atoms with Gasteiger partial charge in [0.05, 0.1) is 0 Å². The van der Waals surface area contributed by atoms with E-state index in [-0.39, 0.29) is 31.1 Å². The van der Waals surface area contributed by atoms with Gasteiger partial charge in [0.25, 0.3) is 0 Å². The highest BCUT2D eigenvalue weighted by Crippen LogP contribution is 2.18. The summed E-state index contributed by atoms with van der Waals surface area (Å²) in [7, 11) is 0. The van der Waals surface area contributed by atoms with Crippen LogP contribution in [0.25, 0.3) is 0 Å². The largest absolute Gasteiger partial charge is 0.462 e. The maximum atomic E-state index is 12.9. The molecule has 0 spiro atoms. The zero-order valence-electron chi connectivity index (χ0n) is 53.6. The second-order valence-corrected chi connectivity index (χ2v) is 23.8. The molecule has 0 N–H and O–H groups in total. The molecule has 0 aliphatic carbocycles. The van der Waals surface area contributed by atoms with E-state index >= 15 is 0 Å². The normalized spacial score (nSPS) is 12.4. The highest BCUT2D eigenvalue weighted by atomic mass is 16.6. The molecule has 0 aliphatic rings. The molecule has 0 aromatic heterocycles. The van der Waals surface area contributed by atoms with Gasteiger partial charge in [0.1, 0.15) is 13.2 Å². The molecule has 0 bridgehead atoms. The van der Waals surface area contributed by atoms with E-state index in [0.29, 0.717) is 19.3 Å². The third-order valence-electron chi connectivity index (χ3n) is 15.8. The van der Waals surface area contributed by atoms with Crippen LogP contribution < -0.4 is 0 Å². The third-order valence-corrected chi connectivity index (χ3v) is 15.8. The zero-order valence-corrected chi connectivity index (χ0v) is 53.6. The maximum absolute atomic E-state index is 12.9. The molecule has 0 heterocycles. The van der Waals surface area contributed by atoms with E-state index in [0.717, 1.165) is 96.3 Å². The average Bonchev–Trinajstić information content (AvgIpc) is 3.46. The smallest absolute Gasteiger partial charge is 0.306 e. The second-order valence-electron chi connectivity index (χ2n) is 23.8. The standard InChI is InChI=1S/C74H134O6/c1-4-7-10-13-16-19-21-23-25-27-29-31-33-34-35-36-37-38-39-41-42-44-46-48-50-52-55-58-61-64-67-73(76)79-70-71(69-78-72(75)66-63-60-57-54-18-15-12-9-6-3)80-74(77)68-65-62-59-56-53-51-49-47-45-43-40-32-30-28-26-24-22-20-17-14-11-8-5-2/h8,11,17,20,24,26,30,32,43,45,71H,4-7,9-10,12-16,18-19,21-23,25,27-29,31,33-42,44,46-70H2,1-3H3/b11-8-,20-17-,26-24-,32-30-,45-43-. The summed E-state index contributed by atoms with van der Waals surface area (Å²) >= 11 is 0. The summed E-state index contributed by atoms with van der Waals surface area (Å²) < 4.78 is 16.9. The van der Waals surface area contributed by atoms with E-state index in [1.165, 1.54) is 238 Å². The molecule has 0 radical (unpaired) electrons. The highest BCUT2D eigenvalue weighted by Gasteiger charge is 2.19. The maximum Gasteiger partial charge on any atom is 0.306 e. The van der Waals surface area contributed by atoms with Crippen molar-refractivity contribution in [1.82, 2.24) is 0 Å². The van der Waals surface area contributed by atoms with E-state index in [9.17, 15) is 14.4 Å². The third kappa shape index (κ3) is 65.9. The van der Waals surface area contributed by atoms with Crippen LogP contribution in [-0.4, -0.2) is 37.2 Å². The lowest BCUT2D eigenvalue weighted by atomic mass is 10.0. The minimum atomic E-state index is -0.778. The van der Waals surface area contributed by atoms with Gasteiger partial charge in [-0.15, -0.1) is 0 Å². The van der Waals surface area contributed by atoms with Gasteiger partial charge in [-0.25, -0.2) is 0 Å². The lowest BCUT2D eigenvalue weighted by molar-refractivity contribution is -0.167. The number of carbonyl (C=O) groups is 3. The summed E-state index contributed by atoms with van der Waals surface area (Å²) in [6.07, 6.45) is 88.4. The molecule has 6 nitrogen and oxygen atoms in total. The molecule has 0 aliphatic heterocycles. The molecular weight excluding hydrogens is 985 g/mol. The van der Waals surface area contributed by atoms with Crippen molar-refractivity contribution >= 4 is 17.9 Å². The number of hydrogen-bond acceptors (Lipinski definition) is 6. The molecule has 0 aromatic carbocycles. The van der Waals surface area contributed by atoms with Crippen molar-refractivity contribution < 1.29 is 28.6 Å². The Morgan fingerprint density at radius 2 is 0.487 bits per heavy atom. The van der Waals surface area contributed by atoms with Crippen molar-refractivity contribution in [2.24, 2.45) is 0 Å². The molecule has 0 aromatic rings. The number of hydrogen-bond donors (Lipinski definition) is 0. The zero-order chi connectivity index (χ0) is 57.8. The first-order valence-electron chi connectivity index (χ1n) is 35.3. The lowest BCUT2D eigenvalue weighted by Gasteiger charge is -2.18. The summed E-state index contributed by atoms with van der Waals surface area (Å²) in [5.74, 6) is -0.867. The summed E-state index contributed by atoms with van der Waals surface area (Å²) in [6, 6.07) is 0. The first-order valence-corrected chi connectivity index (χ1v) is 35.3. The SMILES string of the molecule is CC/C=C\C/C=C\C/C=C\C/C=C\C/C=C\CCCCCCCCCC(=O)OC(COC(=O)CCCCCCCCCCC)COC(=O)CCCCCCCCCCCCCCCCCCCCCCCCCCCCCCCC. The fourth-order valence-electron chi connectivity index (χ4n) is 10.5. The molecule has 0 saturated heterocycles. The number of esters is 3. The second kappa shape index (κ2) is 68.6. The van der Waals surface area contributed by atoms with Crippen molar-refractivity contribution in [2.45, 2.75) is 380 Å². The van der Waals surface area contributed by atoms with Gasteiger partial charge in [0.2, 0.25) is 0 Å². The number of allylic oxidation sites excluding steroid dienone is 10. The fourth-order valence-corrected chi connectivity index (χ4v) is 10.5. The fraction of sp³-hybridized carbons (Fsp3) is 0.824. The Balaban J connectivity index is 4.11. The molecule has 0 saturated carbocycles. The van der Waals surface area contributed by atoms with Crippen LogP contribution in [0.15, 0.2) is 60.8 Å². The van der Waals surface area contributed by atoms with Crippen LogP contribution in [0.2, 0.25) is 0 Å². The van der Waals surface area contributed by atoms with Gasteiger partial charge in [-0.05, 0) is 64.2 Å². The topological polar surface area (TPSA) is 78.9 Å². The van der Waals surface area contributed by atoms with E-state index in [1.807, 2.05) is 0 Å². The van der Waals surface area contributed by atoms with Crippen LogP contribution in [0.5, 0.6) is 0 Å². The van der Waals surface area contributed by atoms with Gasteiger partial charge in [-0.2, -0.15) is 0 Å². The molecular formula is C74H134O6. The first-order chi connectivity index (χ1) is 39.5. The lowest BCUT2D eigenvalue weighted by Crippen LogP contribution is -2.30. The van der Waals surface area contributed by atoms with E-state index in [1.54, 1.807) is 0 Å². The van der Waals surface area contributed by atoms with Crippen molar-refractivity contribution in [1.29, 1.82) is 0 Å². The van der Waals surface area contributed by atoms with E-state index < -0.39 is 6.10 Å². The van der Waals surface area contributed by atoms with Gasteiger partial charge in [-0.1, -0.05) is 351 Å². The number of unbranched alkanes of at least 4 members (excludes halogenated alkanes) is 44. The van der Waals surface area contributed by atoms with Crippen LogP contribution in [0, 0.1) is 0 Å². The quantitative estimate of drug-likeness (QED) is 0.0261. The Bertz CT molecular complexity index is 1430. The molecule has 1 unspecified atom stereocenters. The predicted octanol–water partition coefficient (Wildman–Crippen LogP) is 24.3. The van der Waals surface area contributed by atoms with Gasteiger partial charge in [0.15, 0.2) is 6.10 Å². The van der Waals surface area contributed by atoms with Crippen LogP contribution in [0.4, 0.5) is 0 Å². The van der Waals surface area contributed by atoms with Crippen LogP contribution in [0.3, 0.4) is 0 Å². The minimum absolute atomic E-state index is 0.0743. The van der Waals surface area contributed by atoms with Crippen molar-refractivity contribution in [3.8, 4) is 0 Å². The Hall–Kier alpha value is -2.89. The van der Waals surface area contributed by atoms with Crippen LogP contribution >= 0.6 is 0 Å². The van der Waals surface area contributed by atoms with Gasteiger partial charge < -0.3 is 14.2 Å². The van der Waals surface area contributed by atoms with Gasteiger partial charge in [0, 0.05) is 19.3 Å². The molecule has 6 heteroatoms. The Morgan fingerprint density at radius 3 is 0.762 bits per heavy atom. The van der Waals surface area contributed by atoms with Crippen molar-refractivity contribution in [3.05, 3.63) is 60.8 Å². The Morgan fingerprint density at radius 1 is 0.263 bits per heavy atom. The number of rotatable bonds is 65. The Kier molecular flexibility index (Phi) is 66.1. The summed E-state index contributed by atoms with van der Waals surface area (Å²) in [6.45, 7) is 6.56. The minimum Gasteiger partial charge on any atom is -0.462 e. The molecule has 0 rings (SSSR count). The predicted molar refractivity (Wildman–Crippen MR) is 348 cm³/mol. The van der Waals surface area contributed by atoms with Crippen LogP contribution in [-0.2, 0) is 28.6 Å². The molecule has 80 heavy (non-hydrogen) atoms. The van der Waals surface area contributed by atoms with Crippen molar-refractivity contribution in [3.63, 3.8) is 0 Å². The van der Waals surface area contributed by atoms with Gasteiger partial charge in [-0.3, -0.25) is 14.4 Å². The highest BCUT2D eigenvalue weighted by molar-refractivity contribution is 5.71. The number of carbonyl (C=O) groups excluding carboxylic acids is 3. The summed E-state index contributed by atoms with van der Waals surface area (Å²) in [5, 5.41) is 0. The van der Waals surface area contributed by atoms with E-state index in [2.05, 4.69) is 81.5 Å². The summed E-state index contributed by atoms with van der Waals surface area (Å²) in [5.41, 5.74) is 0. The van der Waals surface area contributed by atoms with E-state index in [4.69, 9.17) is 14.2 Å². The van der Waals surface area contributed by atoms with Gasteiger partial charge >= 0.3 is 17.9 Å². The van der Waals surface area contributed by atoms with Crippen LogP contribution in [0.1, 0.15) is 374 Å². The van der Waals surface area contributed by atoms with Crippen molar-refractivity contribution in [2.75, 3.05) is 13.2 Å². The molecule has 0 amide bonds. The number of ether oxygens (including phenoxy) is 3. The first kappa shape index (κ1) is 77.1. The molecule has 1 atom stereocenters. The summed E-state index contributed by atoms with van der Waals surface area (Å²) in [4.78, 5) is 38.3.